The first-order chi connectivity index (χ1) is 7.17. The second-order valence-corrected chi connectivity index (χ2v) is 5.27. The Balaban J connectivity index is 2.46. The molecule has 0 saturated carbocycles. The number of amides is 1. The van der Waals surface area contributed by atoms with Crippen molar-refractivity contribution in [2.75, 3.05) is 13.7 Å². The van der Waals surface area contributed by atoms with Gasteiger partial charge in [0.05, 0.1) is 12.0 Å². The van der Waals surface area contributed by atoms with Crippen LogP contribution in [-0.2, 0) is 0 Å². The van der Waals surface area contributed by atoms with Gasteiger partial charge in [-0.25, -0.2) is 0 Å². The fourth-order valence-electron chi connectivity index (χ4n) is 0.980. The minimum Gasteiger partial charge on any atom is -0.496 e. The molecule has 1 unspecified atom stereocenters. The minimum absolute atomic E-state index is 0.0406. The lowest BCUT2D eigenvalue weighted by Crippen LogP contribution is -2.28. The van der Waals surface area contributed by atoms with E-state index >= 15 is 0 Å². The summed E-state index contributed by atoms with van der Waals surface area (Å²) in [6, 6.07) is 1.75. The van der Waals surface area contributed by atoms with Crippen LogP contribution in [-0.4, -0.2) is 24.4 Å². The smallest absolute Gasteiger partial charge is 0.261 e. The number of rotatable bonds is 5. The summed E-state index contributed by atoms with van der Waals surface area (Å²) in [5.41, 5.74) is 0. The van der Waals surface area contributed by atoms with Crippen LogP contribution < -0.4 is 10.1 Å². The highest BCUT2D eigenvalue weighted by Crippen LogP contribution is 2.20. The van der Waals surface area contributed by atoms with E-state index in [4.69, 9.17) is 4.74 Å². The molecule has 1 rings (SSSR count). The number of nitrogens with one attached hydrogen (secondary N) is 1. The van der Waals surface area contributed by atoms with Gasteiger partial charge in [-0.1, -0.05) is 22.9 Å². The predicted molar refractivity (Wildman–Crippen MR) is 66.2 cm³/mol. The first-order valence-electron chi connectivity index (χ1n) is 4.72. The van der Waals surface area contributed by atoms with Crippen molar-refractivity contribution in [2.24, 2.45) is 0 Å². The van der Waals surface area contributed by atoms with E-state index in [-0.39, 0.29) is 5.91 Å². The van der Waals surface area contributed by atoms with Crippen LogP contribution in [0.15, 0.2) is 11.4 Å². The first-order valence-corrected chi connectivity index (χ1v) is 6.51. The zero-order valence-electron chi connectivity index (χ0n) is 8.75. The summed E-state index contributed by atoms with van der Waals surface area (Å²) in [5, 5.41) is 4.68. The number of halogens is 1. The Hall–Kier alpha value is -0.550. The molecular formula is C10H14BrNO2S. The first kappa shape index (κ1) is 12.5. The Bertz CT molecular complexity index is 327. The van der Waals surface area contributed by atoms with Gasteiger partial charge < -0.3 is 10.1 Å². The van der Waals surface area contributed by atoms with Crippen LogP contribution in [0.3, 0.4) is 0 Å². The molecule has 0 aromatic carbocycles. The quantitative estimate of drug-likeness (QED) is 0.847. The number of hydrogen-bond acceptors (Lipinski definition) is 3. The zero-order valence-corrected chi connectivity index (χ0v) is 11.2. The summed E-state index contributed by atoms with van der Waals surface area (Å²) >= 11 is 4.85. The molecular weight excluding hydrogens is 278 g/mol. The van der Waals surface area contributed by atoms with E-state index in [0.717, 1.165) is 12.2 Å². The molecule has 0 aliphatic carbocycles. The third-order valence-electron chi connectivity index (χ3n) is 1.96. The Morgan fingerprint density at radius 2 is 2.47 bits per heavy atom. The molecule has 15 heavy (non-hydrogen) atoms. The molecule has 0 radical (unpaired) electrons. The van der Waals surface area contributed by atoms with E-state index in [1.165, 1.54) is 11.3 Å². The maximum absolute atomic E-state index is 11.6. The highest BCUT2D eigenvalue weighted by atomic mass is 79.9. The molecule has 0 aliphatic heterocycles. The van der Waals surface area contributed by atoms with E-state index in [0.29, 0.717) is 16.2 Å². The Morgan fingerprint density at radius 3 is 3.00 bits per heavy atom. The van der Waals surface area contributed by atoms with E-state index in [9.17, 15) is 4.79 Å². The number of ether oxygens (including phenoxy) is 1. The van der Waals surface area contributed by atoms with Gasteiger partial charge in [-0.05, 0) is 6.42 Å². The van der Waals surface area contributed by atoms with Gasteiger partial charge in [0.2, 0.25) is 0 Å². The number of carbonyl (C=O) groups excluding carboxylic acids is 1. The maximum atomic E-state index is 11.6. The largest absolute Gasteiger partial charge is 0.496 e. The molecule has 84 valence electrons. The van der Waals surface area contributed by atoms with Crippen molar-refractivity contribution in [3.8, 4) is 5.75 Å². The summed E-state index contributed by atoms with van der Waals surface area (Å²) in [7, 11) is 1.59. The van der Waals surface area contributed by atoms with Gasteiger partial charge in [0.1, 0.15) is 5.75 Å². The van der Waals surface area contributed by atoms with E-state index in [1.807, 2.05) is 5.38 Å². The van der Waals surface area contributed by atoms with E-state index in [1.54, 1.807) is 13.2 Å². The molecule has 0 aliphatic rings. The van der Waals surface area contributed by atoms with Crippen molar-refractivity contribution in [3.63, 3.8) is 0 Å². The molecule has 1 N–H and O–H groups in total. The van der Waals surface area contributed by atoms with Crippen LogP contribution in [0.5, 0.6) is 5.75 Å². The van der Waals surface area contributed by atoms with Crippen LogP contribution in [0.1, 0.15) is 23.0 Å². The van der Waals surface area contributed by atoms with Gasteiger partial charge in [0.15, 0.2) is 0 Å². The van der Waals surface area contributed by atoms with Gasteiger partial charge in [-0.3, -0.25) is 4.79 Å². The summed E-state index contributed by atoms with van der Waals surface area (Å²) in [6.45, 7) is 2.72. The lowest BCUT2D eigenvalue weighted by atomic mass is 10.3. The third-order valence-corrected chi connectivity index (χ3v) is 3.84. The van der Waals surface area contributed by atoms with Crippen molar-refractivity contribution < 1.29 is 9.53 Å². The molecule has 3 nitrogen and oxygen atoms in total. The maximum Gasteiger partial charge on any atom is 0.261 e. The summed E-state index contributed by atoms with van der Waals surface area (Å²) < 4.78 is 5.01. The predicted octanol–water partition coefficient (Wildman–Crippen LogP) is 2.66. The van der Waals surface area contributed by atoms with Crippen LogP contribution in [0.25, 0.3) is 0 Å². The van der Waals surface area contributed by atoms with Gasteiger partial charge in [-0.15, -0.1) is 11.3 Å². The van der Waals surface area contributed by atoms with Crippen molar-refractivity contribution >= 4 is 33.2 Å². The van der Waals surface area contributed by atoms with Crippen LogP contribution in [0, 0.1) is 0 Å². The topological polar surface area (TPSA) is 38.3 Å². The highest BCUT2D eigenvalue weighted by molar-refractivity contribution is 9.09. The SMILES string of the molecule is CCC(Br)CNC(=O)c1cc(OC)cs1. The van der Waals surface area contributed by atoms with Gasteiger partial charge in [0, 0.05) is 22.8 Å². The monoisotopic (exact) mass is 291 g/mol. The second kappa shape index (κ2) is 6.12. The molecule has 1 aromatic rings. The van der Waals surface area contributed by atoms with Crippen LogP contribution in [0.4, 0.5) is 0 Å². The number of methoxy groups -OCH3 is 1. The lowest BCUT2D eigenvalue weighted by Gasteiger charge is -2.07. The molecule has 1 atom stereocenters. The normalized spacial score (nSPS) is 12.2. The molecule has 0 saturated heterocycles. The molecule has 0 bridgehead atoms. The molecule has 1 aromatic heterocycles. The van der Waals surface area contributed by atoms with Gasteiger partial charge in [0.25, 0.3) is 5.91 Å². The summed E-state index contributed by atoms with van der Waals surface area (Å²) in [6.07, 6.45) is 0.994. The average Bonchev–Trinajstić information content (AvgIpc) is 2.73. The third kappa shape index (κ3) is 3.83. The standard InChI is InChI=1S/C10H14BrNO2S/c1-3-7(11)5-12-10(13)9-4-8(14-2)6-15-9/h4,6-7H,3,5H2,1-2H3,(H,12,13). The highest BCUT2D eigenvalue weighted by Gasteiger charge is 2.10. The molecule has 1 heterocycles. The van der Waals surface area contributed by atoms with Crippen molar-refractivity contribution in [3.05, 3.63) is 16.3 Å². The fraction of sp³-hybridized carbons (Fsp3) is 0.500. The number of hydrogen-bond donors (Lipinski definition) is 1. The van der Waals surface area contributed by atoms with Crippen LogP contribution >= 0.6 is 27.3 Å². The van der Waals surface area contributed by atoms with Gasteiger partial charge >= 0.3 is 0 Å². The molecule has 0 spiro atoms. The van der Waals surface area contributed by atoms with Crippen molar-refractivity contribution in [1.29, 1.82) is 0 Å². The van der Waals surface area contributed by atoms with E-state index in [2.05, 4.69) is 28.2 Å². The number of alkyl halides is 1. The number of carbonyl (C=O) groups is 1. The summed E-state index contributed by atoms with van der Waals surface area (Å²) in [5.74, 6) is 0.692. The van der Waals surface area contributed by atoms with Crippen molar-refractivity contribution in [1.82, 2.24) is 5.32 Å². The Kier molecular flexibility index (Phi) is 5.11. The van der Waals surface area contributed by atoms with Crippen LogP contribution in [0.2, 0.25) is 0 Å². The number of thiophene rings is 1. The Morgan fingerprint density at radius 1 is 1.73 bits per heavy atom. The fourth-order valence-corrected chi connectivity index (χ4v) is 1.91. The molecule has 0 fully saturated rings. The summed E-state index contributed by atoms with van der Waals surface area (Å²) in [4.78, 5) is 12.6. The Labute approximate surface area is 102 Å². The average molecular weight is 292 g/mol. The zero-order chi connectivity index (χ0) is 11.3. The van der Waals surface area contributed by atoms with Gasteiger partial charge in [-0.2, -0.15) is 0 Å². The second-order valence-electron chi connectivity index (χ2n) is 3.07. The lowest BCUT2D eigenvalue weighted by molar-refractivity contribution is 0.0957. The van der Waals surface area contributed by atoms with Crippen molar-refractivity contribution in [2.45, 2.75) is 18.2 Å². The van der Waals surface area contributed by atoms with E-state index < -0.39 is 0 Å². The molecule has 5 heteroatoms. The minimum atomic E-state index is -0.0406. The molecule has 1 amide bonds.